The van der Waals surface area contributed by atoms with Crippen LogP contribution in [0, 0.1) is 10.4 Å². The number of rotatable bonds is 12. The van der Waals surface area contributed by atoms with Crippen LogP contribution >= 0.6 is 0 Å². The Kier molecular flexibility index (Phi) is 10.4. The molecule has 0 unspecified atom stereocenters. The first-order chi connectivity index (χ1) is 31.7. The molecule has 3 heterocycles. The first-order valence-electron chi connectivity index (χ1n) is 22.7. The summed E-state index contributed by atoms with van der Waals surface area (Å²) in [5, 5.41) is 19.2. The predicted octanol–water partition coefficient (Wildman–Crippen LogP) is 14.0. The fraction of sp³-hybridized carbons (Fsp3) is 0.136. The monoisotopic (exact) mass is 825 g/mol. The van der Waals surface area contributed by atoms with Crippen LogP contribution in [-0.4, -0.2) is 15.4 Å². The molecular formula is C59H47N5. The van der Waals surface area contributed by atoms with Gasteiger partial charge in [0.2, 0.25) is 0 Å². The first kappa shape index (κ1) is 39.2. The second kappa shape index (κ2) is 16.9. The van der Waals surface area contributed by atoms with Crippen molar-refractivity contribution in [1.29, 1.82) is 0 Å². The molecule has 0 spiro atoms. The largest absolute Gasteiger partial charge is 0.247 e. The standard InChI is InChI=1S/C59H47N5/c1-3-5-28-46-47(29-6-4-2)52(55-54-50(61-58(55)51(46)39-24-12-8-13-25-39)37-36-48-44-33-20-21-35-49(44)60-57(48)54)59-53(56(62-64-63-59)40-26-14-9-15-27-40)45-34-19-18-32-43(45)42-31-17-16-30-41(42)38-22-10-7-11-23-38/h7-27,30-37H,3-6,28-29H2,1-2H3. The molecule has 0 amide bonds. The lowest BCUT2D eigenvalue weighted by molar-refractivity contribution is 0.759. The van der Waals surface area contributed by atoms with E-state index in [1.807, 2.05) is 0 Å². The van der Waals surface area contributed by atoms with Gasteiger partial charge in [-0.15, -0.1) is 10.2 Å². The van der Waals surface area contributed by atoms with Gasteiger partial charge < -0.3 is 0 Å². The van der Waals surface area contributed by atoms with Gasteiger partial charge in [-0.05, 0) is 93.6 Å². The van der Waals surface area contributed by atoms with Crippen molar-refractivity contribution in [2.75, 3.05) is 0 Å². The number of nitrogens with zero attached hydrogens (tertiary/aromatic N) is 5. The van der Waals surface area contributed by atoms with E-state index < -0.39 is 0 Å². The maximum atomic E-state index is 5.68. The highest BCUT2D eigenvalue weighted by molar-refractivity contribution is 6.09. The summed E-state index contributed by atoms with van der Waals surface area (Å²) in [4.78, 5) is 11.1. The van der Waals surface area contributed by atoms with Gasteiger partial charge in [0.15, 0.2) is 0 Å². The van der Waals surface area contributed by atoms with Gasteiger partial charge in [-0.3, -0.25) is 0 Å². The van der Waals surface area contributed by atoms with Gasteiger partial charge in [0, 0.05) is 43.8 Å². The smallest absolute Gasteiger partial charge is 0.106 e. The third-order valence-electron chi connectivity index (χ3n) is 12.9. The Morgan fingerprint density at radius 1 is 0.344 bits per heavy atom. The molecule has 0 aliphatic carbocycles. The molecule has 8 aromatic carbocycles. The molecule has 5 nitrogen and oxygen atoms in total. The van der Waals surface area contributed by atoms with Crippen molar-refractivity contribution in [2.24, 2.45) is 9.98 Å². The number of para-hydroxylation sites is 1. The second-order valence-electron chi connectivity index (χ2n) is 16.8. The first-order valence-corrected chi connectivity index (χ1v) is 22.7. The highest BCUT2D eigenvalue weighted by atomic mass is 15.3. The molecule has 0 saturated carbocycles. The van der Waals surface area contributed by atoms with Crippen molar-refractivity contribution in [3.05, 3.63) is 208 Å². The summed E-state index contributed by atoms with van der Waals surface area (Å²) >= 11 is 0. The van der Waals surface area contributed by atoms with Gasteiger partial charge in [-0.25, -0.2) is 9.98 Å². The van der Waals surface area contributed by atoms with Crippen LogP contribution < -0.4 is 10.7 Å². The second-order valence-corrected chi connectivity index (χ2v) is 16.8. The average molecular weight is 826 g/mol. The topological polar surface area (TPSA) is 63.4 Å². The minimum absolute atomic E-state index is 0.790. The van der Waals surface area contributed by atoms with E-state index in [1.165, 1.54) is 22.3 Å². The summed E-state index contributed by atoms with van der Waals surface area (Å²) < 4.78 is 0. The Labute approximate surface area is 373 Å². The van der Waals surface area contributed by atoms with Gasteiger partial charge in [0.1, 0.15) is 11.4 Å². The number of fused-ring (bicyclic) bond motifs is 6. The number of hydrogen-bond donors (Lipinski definition) is 0. The molecule has 0 radical (unpaired) electrons. The van der Waals surface area contributed by atoms with E-state index in [4.69, 9.17) is 25.4 Å². The van der Waals surface area contributed by atoms with Crippen molar-refractivity contribution in [3.8, 4) is 78.1 Å². The molecule has 308 valence electrons. The van der Waals surface area contributed by atoms with Crippen LogP contribution in [0.3, 0.4) is 0 Å². The van der Waals surface area contributed by atoms with Crippen LogP contribution in [0.2, 0.25) is 0 Å². The van der Waals surface area contributed by atoms with Gasteiger partial charge in [-0.2, -0.15) is 0 Å². The summed E-state index contributed by atoms with van der Waals surface area (Å²) in [6.45, 7) is 4.57. The maximum Gasteiger partial charge on any atom is 0.106 e. The molecule has 64 heavy (non-hydrogen) atoms. The normalized spacial score (nSPS) is 11.9. The van der Waals surface area contributed by atoms with E-state index in [1.54, 1.807) is 0 Å². The molecule has 11 rings (SSSR count). The van der Waals surface area contributed by atoms with E-state index >= 15 is 0 Å². The zero-order chi connectivity index (χ0) is 43.0. The van der Waals surface area contributed by atoms with Crippen LogP contribution in [0.4, 0.5) is 11.4 Å². The van der Waals surface area contributed by atoms with E-state index in [2.05, 4.69) is 190 Å². The summed E-state index contributed by atoms with van der Waals surface area (Å²) in [7, 11) is 0. The molecule has 2 aliphatic rings. The van der Waals surface area contributed by atoms with Crippen LogP contribution in [0.5, 0.6) is 0 Å². The van der Waals surface area contributed by atoms with Crippen molar-refractivity contribution in [3.63, 3.8) is 0 Å². The molecular weight excluding hydrogens is 779 g/mol. The fourth-order valence-electron chi connectivity index (χ4n) is 10.00. The quantitative estimate of drug-likeness (QED) is 0.123. The van der Waals surface area contributed by atoms with Crippen molar-refractivity contribution in [1.82, 2.24) is 15.4 Å². The van der Waals surface area contributed by atoms with Crippen LogP contribution in [-0.2, 0) is 12.8 Å². The molecule has 2 aliphatic heterocycles. The van der Waals surface area contributed by atoms with Gasteiger partial charge in [0.05, 0.1) is 22.1 Å². The van der Waals surface area contributed by atoms with Crippen LogP contribution in [0.25, 0.3) is 78.1 Å². The SMILES string of the molecule is CCCCc1c(CCCC)c(-c2nnnc(-c3ccccc3)c2-c2ccccc2-c2ccccc2-c2ccccc2)c2c(c1-c1ccccc1)N=c1ccc3c(c1-2)N=c1ccccc1=3. The van der Waals surface area contributed by atoms with Gasteiger partial charge in [-0.1, -0.05) is 184 Å². The van der Waals surface area contributed by atoms with Crippen LogP contribution in [0.15, 0.2) is 186 Å². The van der Waals surface area contributed by atoms with Crippen molar-refractivity contribution < 1.29 is 0 Å². The highest BCUT2D eigenvalue weighted by Crippen LogP contribution is 2.56. The number of benzene rings is 8. The van der Waals surface area contributed by atoms with Gasteiger partial charge >= 0.3 is 0 Å². The molecule has 5 heteroatoms. The van der Waals surface area contributed by atoms with Crippen molar-refractivity contribution >= 4 is 11.4 Å². The van der Waals surface area contributed by atoms with E-state index in [9.17, 15) is 0 Å². The minimum Gasteiger partial charge on any atom is -0.247 e. The van der Waals surface area contributed by atoms with Gasteiger partial charge in [0.25, 0.3) is 0 Å². The Morgan fingerprint density at radius 2 is 0.875 bits per heavy atom. The third kappa shape index (κ3) is 6.67. The molecule has 0 bridgehead atoms. The number of hydrogen-bond acceptors (Lipinski definition) is 5. The molecule has 0 fully saturated rings. The molecule has 0 saturated heterocycles. The lowest BCUT2D eigenvalue weighted by Gasteiger charge is -2.26. The van der Waals surface area contributed by atoms with Crippen molar-refractivity contribution in [2.45, 2.75) is 52.4 Å². The van der Waals surface area contributed by atoms with E-state index in [-0.39, 0.29) is 0 Å². The predicted molar refractivity (Wildman–Crippen MR) is 261 cm³/mol. The molecule has 0 N–H and O–H groups in total. The average Bonchev–Trinajstić information content (AvgIpc) is 3.94. The maximum absolute atomic E-state index is 5.68. The molecule has 0 atom stereocenters. The summed E-state index contributed by atoms with van der Waals surface area (Å²) in [5.41, 5.74) is 19.4. The Bertz CT molecular complexity index is 3460. The number of unbranched alkanes of at least 4 members (excludes halogenated alkanes) is 2. The van der Waals surface area contributed by atoms with E-state index in [0.29, 0.717) is 0 Å². The van der Waals surface area contributed by atoms with Crippen LogP contribution in [0.1, 0.15) is 50.7 Å². The fourth-order valence-corrected chi connectivity index (χ4v) is 10.00. The summed E-state index contributed by atoms with van der Waals surface area (Å²) in [5.74, 6) is 0. The van der Waals surface area contributed by atoms with E-state index in [0.717, 1.165) is 138 Å². The molecule has 9 aromatic rings. The summed E-state index contributed by atoms with van der Waals surface area (Å²) in [6.07, 6.45) is 5.99. The Morgan fingerprint density at radius 3 is 1.56 bits per heavy atom. The zero-order valence-corrected chi connectivity index (χ0v) is 36.2. The summed E-state index contributed by atoms with van der Waals surface area (Å²) in [6, 6.07) is 62.5. The number of aromatic nitrogens is 3. The Hall–Kier alpha value is -7.63. The Balaban J connectivity index is 1.32. The zero-order valence-electron chi connectivity index (χ0n) is 36.2. The third-order valence-corrected chi connectivity index (χ3v) is 12.9. The lowest BCUT2D eigenvalue weighted by Crippen LogP contribution is -2.09. The highest BCUT2D eigenvalue weighted by Gasteiger charge is 2.34. The lowest BCUT2D eigenvalue weighted by atomic mass is 9.78. The molecule has 1 aromatic heterocycles. The minimum atomic E-state index is 0.790.